The highest BCUT2D eigenvalue weighted by Crippen LogP contribution is 2.57. The van der Waals surface area contributed by atoms with Crippen molar-refractivity contribution in [3.63, 3.8) is 0 Å². The van der Waals surface area contributed by atoms with E-state index in [1.165, 1.54) is 0 Å². The largest absolute Gasteiger partial charge is 0.334 e. The Labute approximate surface area is 232 Å². The number of nitrogens with zero attached hydrogens (tertiary/aromatic N) is 2. The molecule has 1 aliphatic rings. The van der Waals surface area contributed by atoms with Gasteiger partial charge < -0.3 is 9.84 Å². The maximum Gasteiger partial charge on any atom is 0.257 e. The lowest BCUT2D eigenvalue weighted by Crippen LogP contribution is -2.16. The molecule has 196 valence electrons. The Morgan fingerprint density at radius 3 is 2.26 bits per heavy atom. The maximum absolute atomic E-state index is 12.7. The van der Waals surface area contributed by atoms with Gasteiger partial charge in [-0.15, -0.1) is 0 Å². The topological polar surface area (TPSA) is 102 Å². The molecule has 7 nitrogen and oxygen atoms in total. The van der Waals surface area contributed by atoms with E-state index in [9.17, 15) is 13.2 Å². The van der Waals surface area contributed by atoms with Crippen LogP contribution in [0.3, 0.4) is 0 Å². The summed E-state index contributed by atoms with van der Waals surface area (Å²) in [5, 5.41) is 7.34. The number of anilines is 1. The standard InChI is InChI=1S/C28H25Cl2N3O4S/c1-16-3-7-20(8-4-16)26-32-27(33-37-26)28(11-12-28)25-22(29)14-21(15-23(25)30)31-24(34)13-18-5-9-19(10-6-18)17(2)38(35)36/h3-10,14-15,17,38H,11-13H2,1-2H3,(H,31,34). The van der Waals surface area contributed by atoms with Gasteiger partial charge in [-0.3, -0.25) is 4.79 Å². The number of carbonyl (C=O) groups excluding carboxylic acids is 1. The van der Waals surface area contributed by atoms with Crippen molar-refractivity contribution < 1.29 is 17.7 Å². The second kappa shape index (κ2) is 10.5. The first-order chi connectivity index (χ1) is 18.2. The summed E-state index contributed by atoms with van der Waals surface area (Å²) in [7, 11) is -2.55. The van der Waals surface area contributed by atoms with Crippen LogP contribution >= 0.6 is 23.2 Å². The fraction of sp³-hybridized carbons (Fsp3) is 0.250. The summed E-state index contributed by atoms with van der Waals surface area (Å²) in [6, 6.07) is 18.1. The second-order valence-corrected chi connectivity index (χ2v) is 11.8. The Balaban J connectivity index is 1.31. The van der Waals surface area contributed by atoms with Gasteiger partial charge in [0.15, 0.2) is 5.82 Å². The van der Waals surface area contributed by atoms with E-state index in [4.69, 9.17) is 27.7 Å². The van der Waals surface area contributed by atoms with Crippen molar-refractivity contribution in [1.29, 1.82) is 0 Å². The number of hydrogen-bond acceptors (Lipinski definition) is 6. The predicted octanol–water partition coefficient (Wildman–Crippen LogP) is 6.29. The van der Waals surface area contributed by atoms with Gasteiger partial charge in [0.1, 0.15) is 10.7 Å². The van der Waals surface area contributed by atoms with E-state index in [1.807, 2.05) is 31.2 Å². The molecule has 1 unspecified atom stereocenters. The van der Waals surface area contributed by atoms with E-state index in [0.29, 0.717) is 33.0 Å². The molecule has 4 aromatic rings. The molecule has 0 aliphatic heterocycles. The molecule has 38 heavy (non-hydrogen) atoms. The average molecular weight is 570 g/mol. The number of rotatable bonds is 8. The van der Waals surface area contributed by atoms with Gasteiger partial charge in [-0.05, 0) is 62.1 Å². The van der Waals surface area contributed by atoms with E-state index in [-0.39, 0.29) is 12.3 Å². The summed E-state index contributed by atoms with van der Waals surface area (Å²) in [4.78, 5) is 17.3. The number of aromatic nitrogens is 2. The lowest BCUT2D eigenvalue weighted by Gasteiger charge is -2.17. The molecule has 1 heterocycles. The van der Waals surface area contributed by atoms with Gasteiger partial charge >= 0.3 is 0 Å². The van der Waals surface area contributed by atoms with Crippen LogP contribution < -0.4 is 5.32 Å². The normalized spacial score (nSPS) is 14.9. The molecule has 0 radical (unpaired) electrons. The molecule has 1 aliphatic carbocycles. The molecule has 1 N–H and O–H groups in total. The Bertz CT molecular complexity index is 1550. The van der Waals surface area contributed by atoms with Crippen LogP contribution in [0.15, 0.2) is 65.2 Å². The van der Waals surface area contributed by atoms with E-state index in [0.717, 1.165) is 35.1 Å². The lowest BCUT2D eigenvalue weighted by atomic mass is 9.94. The van der Waals surface area contributed by atoms with Crippen molar-refractivity contribution in [3.05, 3.63) is 98.8 Å². The first-order valence-electron chi connectivity index (χ1n) is 12.1. The molecule has 0 bridgehead atoms. The third kappa shape index (κ3) is 5.34. The van der Waals surface area contributed by atoms with Gasteiger partial charge in [-0.1, -0.05) is 70.3 Å². The Hall–Kier alpha value is -3.20. The molecule has 1 aromatic heterocycles. The Kier molecular flexibility index (Phi) is 7.31. The van der Waals surface area contributed by atoms with Crippen LogP contribution in [0, 0.1) is 6.92 Å². The van der Waals surface area contributed by atoms with Crippen LogP contribution in [0.25, 0.3) is 11.5 Å². The van der Waals surface area contributed by atoms with Crippen LogP contribution in [0.1, 0.15) is 53.1 Å². The highest BCUT2D eigenvalue weighted by Gasteiger charge is 2.52. The fourth-order valence-corrected chi connectivity index (χ4v) is 5.73. The number of nitrogens with one attached hydrogen (secondary N) is 1. The predicted molar refractivity (Wildman–Crippen MR) is 148 cm³/mol. The van der Waals surface area contributed by atoms with Crippen molar-refractivity contribution in [2.75, 3.05) is 5.32 Å². The maximum atomic E-state index is 12.7. The molecule has 5 rings (SSSR count). The molecule has 10 heteroatoms. The Morgan fingerprint density at radius 1 is 1.05 bits per heavy atom. The van der Waals surface area contributed by atoms with Crippen LogP contribution in [-0.4, -0.2) is 24.5 Å². The van der Waals surface area contributed by atoms with Crippen LogP contribution in [0.5, 0.6) is 0 Å². The van der Waals surface area contributed by atoms with Crippen molar-refractivity contribution >= 4 is 45.5 Å². The van der Waals surface area contributed by atoms with Crippen molar-refractivity contribution in [2.24, 2.45) is 0 Å². The monoisotopic (exact) mass is 569 g/mol. The van der Waals surface area contributed by atoms with Gasteiger partial charge in [-0.2, -0.15) is 4.98 Å². The van der Waals surface area contributed by atoms with Crippen LogP contribution in [-0.2, 0) is 27.3 Å². The first kappa shape index (κ1) is 26.4. The number of aryl methyl sites for hydroxylation is 1. The fourth-order valence-electron chi connectivity index (χ4n) is 4.47. The number of benzene rings is 3. The third-order valence-corrected chi connectivity index (χ3v) is 8.38. The van der Waals surface area contributed by atoms with Gasteiger partial charge in [0.2, 0.25) is 5.91 Å². The summed E-state index contributed by atoms with van der Waals surface area (Å²) < 4.78 is 28.0. The van der Waals surface area contributed by atoms with Crippen molar-refractivity contribution in [1.82, 2.24) is 10.1 Å². The summed E-state index contributed by atoms with van der Waals surface area (Å²) in [5.74, 6) is 0.724. The zero-order chi connectivity index (χ0) is 27.0. The number of amides is 1. The summed E-state index contributed by atoms with van der Waals surface area (Å²) in [5.41, 5.74) is 4.08. The minimum Gasteiger partial charge on any atom is -0.334 e. The molecule has 1 fully saturated rings. The van der Waals surface area contributed by atoms with Crippen molar-refractivity contribution in [3.8, 4) is 11.5 Å². The summed E-state index contributed by atoms with van der Waals surface area (Å²) >= 11 is 13.4. The SMILES string of the molecule is Cc1ccc(-c2nc(C3(c4c(Cl)cc(NC(=O)Cc5ccc(C(C)[SH](=O)=O)cc5)cc4Cl)CC3)no2)cc1. The van der Waals surface area contributed by atoms with Crippen LogP contribution in [0.4, 0.5) is 5.69 Å². The molecule has 1 saturated carbocycles. The molecule has 0 spiro atoms. The van der Waals surface area contributed by atoms with Gasteiger partial charge in [-0.25, -0.2) is 8.42 Å². The molecule has 3 aromatic carbocycles. The number of hydrogen-bond donors (Lipinski definition) is 2. The van der Waals surface area contributed by atoms with E-state index in [2.05, 4.69) is 15.5 Å². The number of carbonyl (C=O) groups is 1. The van der Waals surface area contributed by atoms with Crippen LogP contribution in [0.2, 0.25) is 10.0 Å². The molecular formula is C28H25Cl2N3O4S. The van der Waals surface area contributed by atoms with E-state index >= 15 is 0 Å². The number of halogens is 2. The summed E-state index contributed by atoms with van der Waals surface area (Å²) in [6.07, 6.45) is 1.67. The average Bonchev–Trinajstić information content (AvgIpc) is 3.50. The van der Waals surface area contributed by atoms with Crippen molar-refractivity contribution in [2.45, 2.75) is 43.8 Å². The zero-order valence-corrected chi connectivity index (χ0v) is 23.1. The molecule has 1 atom stereocenters. The molecular weight excluding hydrogens is 545 g/mol. The molecule has 1 amide bonds. The lowest BCUT2D eigenvalue weighted by molar-refractivity contribution is -0.115. The van der Waals surface area contributed by atoms with Gasteiger partial charge in [0.05, 0.1) is 17.1 Å². The highest BCUT2D eigenvalue weighted by molar-refractivity contribution is 7.72. The number of thiol groups is 1. The minimum absolute atomic E-state index is 0.115. The minimum atomic E-state index is -2.55. The highest BCUT2D eigenvalue weighted by atomic mass is 35.5. The first-order valence-corrected chi connectivity index (χ1v) is 14.1. The van der Waals surface area contributed by atoms with Gasteiger partial charge in [0.25, 0.3) is 5.89 Å². The van der Waals surface area contributed by atoms with E-state index < -0.39 is 21.4 Å². The molecule has 0 saturated heterocycles. The second-order valence-electron chi connectivity index (χ2n) is 9.61. The smallest absolute Gasteiger partial charge is 0.257 e. The summed E-state index contributed by atoms with van der Waals surface area (Å²) in [6.45, 7) is 3.64. The Morgan fingerprint density at radius 2 is 1.68 bits per heavy atom. The quantitative estimate of drug-likeness (QED) is 0.242. The van der Waals surface area contributed by atoms with Gasteiger partial charge in [0, 0.05) is 26.9 Å². The van der Waals surface area contributed by atoms with E-state index in [1.54, 1.807) is 43.3 Å². The third-order valence-electron chi connectivity index (χ3n) is 6.85. The zero-order valence-electron chi connectivity index (χ0n) is 20.7.